The number of rotatable bonds is 4. The highest BCUT2D eigenvalue weighted by Gasteiger charge is 2.38. The molecule has 1 heterocycles. The predicted molar refractivity (Wildman–Crippen MR) is 65.5 cm³/mol. The van der Waals surface area contributed by atoms with E-state index in [1.807, 2.05) is 0 Å². The van der Waals surface area contributed by atoms with Crippen molar-refractivity contribution in [3.05, 3.63) is 0 Å². The summed E-state index contributed by atoms with van der Waals surface area (Å²) < 4.78 is 0. The van der Waals surface area contributed by atoms with E-state index < -0.39 is 24.1 Å². The van der Waals surface area contributed by atoms with Crippen LogP contribution in [0.25, 0.3) is 0 Å². The molecule has 1 aliphatic rings. The molecule has 8 nitrogen and oxygen atoms in total. The van der Waals surface area contributed by atoms with Crippen molar-refractivity contribution in [2.24, 2.45) is 0 Å². The van der Waals surface area contributed by atoms with Crippen LogP contribution in [0.4, 0.5) is 4.79 Å². The van der Waals surface area contributed by atoms with Gasteiger partial charge < -0.3 is 25.3 Å². The Morgan fingerprint density at radius 2 is 2.00 bits per heavy atom. The first-order valence-corrected chi connectivity index (χ1v) is 5.98. The van der Waals surface area contributed by atoms with Gasteiger partial charge in [-0.2, -0.15) is 0 Å². The maximum atomic E-state index is 11.8. The summed E-state index contributed by atoms with van der Waals surface area (Å²) in [5.74, 6) is -1.27. The van der Waals surface area contributed by atoms with Crippen molar-refractivity contribution in [3.8, 4) is 0 Å². The second-order valence-electron chi connectivity index (χ2n) is 4.67. The molecule has 19 heavy (non-hydrogen) atoms. The van der Waals surface area contributed by atoms with Gasteiger partial charge in [-0.1, -0.05) is 0 Å². The van der Waals surface area contributed by atoms with Crippen LogP contribution in [0.2, 0.25) is 0 Å². The number of nitrogens with zero attached hydrogens (tertiary/aromatic N) is 2. The molecule has 2 unspecified atom stereocenters. The van der Waals surface area contributed by atoms with Gasteiger partial charge in [0.05, 0.1) is 6.10 Å². The van der Waals surface area contributed by atoms with E-state index in [0.717, 1.165) is 4.90 Å². The fraction of sp³-hybridized carbons (Fsp3) is 0.727. The Labute approximate surface area is 111 Å². The molecular formula is C11H19N3O5. The molecule has 0 radical (unpaired) electrons. The number of aliphatic carboxylic acids is 1. The summed E-state index contributed by atoms with van der Waals surface area (Å²) in [6, 6.07) is -1.59. The third kappa shape index (κ3) is 4.09. The molecule has 1 saturated heterocycles. The van der Waals surface area contributed by atoms with E-state index in [1.54, 1.807) is 14.1 Å². The fourth-order valence-electron chi connectivity index (χ4n) is 1.87. The number of urea groups is 1. The molecule has 0 aromatic rings. The average molecular weight is 273 g/mol. The van der Waals surface area contributed by atoms with E-state index in [1.165, 1.54) is 4.90 Å². The lowest BCUT2D eigenvalue weighted by molar-refractivity contribution is -0.141. The van der Waals surface area contributed by atoms with Crippen LogP contribution >= 0.6 is 0 Å². The summed E-state index contributed by atoms with van der Waals surface area (Å²) in [6.45, 7) is 0.124. The molecule has 108 valence electrons. The van der Waals surface area contributed by atoms with Gasteiger partial charge in [-0.25, -0.2) is 9.59 Å². The molecule has 0 aromatic carbocycles. The molecule has 1 rings (SSSR count). The van der Waals surface area contributed by atoms with Crippen LogP contribution in [-0.2, 0) is 9.59 Å². The zero-order valence-electron chi connectivity index (χ0n) is 11.0. The number of aliphatic hydroxyl groups is 1. The lowest BCUT2D eigenvalue weighted by Gasteiger charge is -2.21. The Morgan fingerprint density at radius 1 is 1.37 bits per heavy atom. The SMILES string of the molecule is CN(C)C(=O)CCNC(=O)N1CC(O)CC1C(=O)O. The summed E-state index contributed by atoms with van der Waals surface area (Å²) in [6.07, 6.45) is -0.651. The minimum Gasteiger partial charge on any atom is -0.480 e. The fourth-order valence-corrected chi connectivity index (χ4v) is 1.87. The Hall–Kier alpha value is -1.83. The van der Waals surface area contributed by atoms with Crippen LogP contribution in [0, 0.1) is 0 Å². The van der Waals surface area contributed by atoms with Crippen molar-refractivity contribution in [1.82, 2.24) is 15.1 Å². The first kappa shape index (κ1) is 15.2. The first-order chi connectivity index (χ1) is 8.82. The molecule has 0 bridgehead atoms. The van der Waals surface area contributed by atoms with Gasteiger partial charge in [0.2, 0.25) is 5.91 Å². The Kier molecular flexibility index (Phi) is 5.11. The number of hydrogen-bond donors (Lipinski definition) is 3. The maximum absolute atomic E-state index is 11.8. The number of carbonyl (C=O) groups excluding carboxylic acids is 2. The smallest absolute Gasteiger partial charge is 0.326 e. The molecule has 1 fully saturated rings. The van der Waals surface area contributed by atoms with E-state index in [2.05, 4.69) is 5.32 Å². The number of carbonyl (C=O) groups is 3. The Bertz CT molecular complexity index is 371. The Balaban J connectivity index is 2.44. The van der Waals surface area contributed by atoms with Crippen molar-refractivity contribution < 1.29 is 24.6 Å². The van der Waals surface area contributed by atoms with Crippen LogP contribution < -0.4 is 5.32 Å². The molecular weight excluding hydrogens is 254 g/mol. The maximum Gasteiger partial charge on any atom is 0.326 e. The van der Waals surface area contributed by atoms with Gasteiger partial charge in [-0.3, -0.25) is 4.79 Å². The Morgan fingerprint density at radius 3 is 2.53 bits per heavy atom. The van der Waals surface area contributed by atoms with E-state index in [9.17, 15) is 19.5 Å². The molecule has 8 heteroatoms. The summed E-state index contributed by atoms with van der Waals surface area (Å²) in [4.78, 5) is 36.5. The van der Waals surface area contributed by atoms with Crippen LogP contribution in [0.15, 0.2) is 0 Å². The lowest BCUT2D eigenvalue weighted by atomic mass is 10.2. The highest BCUT2D eigenvalue weighted by Crippen LogP contribution is 2.17. The van der Waals surface area contributed by atoms with Crippen LogP contribution in [0.3, 0.4) is 0 Å². The second kappa shape index (κ2) is 6.37. The van der Waals surface area contributed by atoms with E-state index in [0.29, 0.717) is 0 Å². The first-order valence-electron chi connectivity index (χ1n) is 5.98. The molecule has 3 amide bonds. The van der Waals surface area contributed by atoms with Gasteiger partial charge >= 0.3 is 12.0 Å². The topological polar surface area (TPSA) is 110 Å². The van der Waals surface area contributed by atoms with Crippen molar-refractivity contribution in [3.63, 3.8) is 0 Å². The van der Waals surface area contributed by atoms with Crippen molar-refractivity contribution in [2.75, 3.05) is 27.2 Å². The van der Waals surface area contributed by atoms with Gasteiger partial charge in [0, 0.05) is 40.0 Å². The number of hydrogen-bond acceptors (Lipinski definition) is 4. The highest BCUT2D eigenvalue weighted by molar-refractivity contribution is 5.84. The van der Waals surface area contributed by atoms with E-state index in [-0.39, 0.29) is 31.8 Å². The van der Waals surface area contributed by atoms with Crippen LogP contribution in [-0.4, -0.2) is 77.3 Å². The van der Waals surface area contributed by atoms with Gasteiger partial charge in [0.15, 0.2) is 0 Å². The minimum atomic E-state index is -1.14. The number of likely N-dealkylation sites (tertiary alicyclic amines) is 1. The normalized spacial score (nSPS) is 22.2. The van der Waals surface area contributed by atoms with Crippen molar-refractivity contribution in [1.29, 1.82) is 0 Å². The number of nitrogens with one attached hydrogen (secondary N) is 1. The average Bonchev–Trinajstić information content (AvgIpc) is 2.71. The number of carboxylic acids is 1. The van der Waals surface area contributed by atoms with Gasteiger partial charge in [-0.05, 0) is 0 Å². The minimum absolute atomic E-state index is 0.00950. The number of β-amino-alcohol motifs (C(OH)–C–C–N with tert-alkyl or cyclic N) is 1. The largest absolute Gasteiger partial charge is 0.480 e. The quantitative estimate of drug-likeness (QED) is 0.589. The van der Waals surface area contributed by atoms with Crippen molar-refractivity contribution >= 4 is 17.9 Å². The number of aliphatic hydroxyl groups excluding tert-OH is 1. The molecule has 0 aliphatic carbocycles. The van der Waals surface area contributed by atoms with Crippen LogP contribution in [0.1, 0.15) is 12.8 Å². The highest BCUT2D eigenvalue weighted by atomic mass is 16.4. The summed E-state index contributed by atoms with van der Waals surface area (Å²) in [7, 11) is 3.23. The van der Waals surface area contributed by atoms with Gasteiger partial charge in [-0.15, -0.1) is 0 Å². The van der Waals surface area contributed by atoms with Crippen molar-refractivity contribution in [2.45, 2.75) is 25.0 Å². The molecule has 0 aromatic heterocycles. The molecule has 3 N–H and O–H groups in total. The monoisotopic (exact) mass is 273 g/mol. The standard InChI is InChI=1S/C11H19N3O5/c1-13(2)9(16)3-4-12-11(19)14-6-7(15)5-8(14)10(17)18/h7-8,15H,3-6H2,1-2H3,(H,12,19)(H,17,18). The third-order valence-corrected chi connectivity index (χ3v) is 2.94. The van der Waals surface area contributed by atoms with Crippen LogP contribution in [0.5, 0.6) is 0 Å². The number of amides is 3. The summed E-state index contributed by atoms with van der Waals surface area (Å²) in [5.41, 5.74) is 0. The van der Waals surface area contributed by atoms with E-state index in [4.69, 9.17) is 5.11 Å². The second-order valence-corrected chi connectivity index (χ2v) is 4.67. The lowest BCUT2D eigenvalue weighted by Crippen LogP contribution is -2.46. The molecule has 2 atom stereocenters. The molecule has 0 saturated carbocycles. The van der Waals surface area contributed by atoms with Gasteiger partial charge in [0.1, 0.15) is 6.04 Å². The molecule has 0 spiro atoms. The third-order valence-electron chi connectivity index (χ3n) is 2.94. The summed E-state index contributed by atoms with van der Waals surface area (Å²) in [5, 5.41) is 20.8. The van der Waals surface area contributed by atoms with Gasteiger partial charge in [0.25, 0.3) is 0 Å². The zero-order chi connectivity index (χ0) is 14.6. The zero-order valence-corrected chi connectivity index (χ0v) is 11.0. The number of carboxylic acid groups (broad SMARTS) is 1. The predicted octanol–water partition coefficient (Wildman–Crippen LogP) is -1.31. The summed E-state index contributed by atoms with van der Waals surface area (Å²) >= 11 is 0. The molecule has 1 aliphatic heterocycles. The van der Waals surface area contributed by atoms with E-state index >= 15 is 0 Å².